The molecule has 1 atom stereocenters. The molecule has 16 heteroatoms. The molecular weight excluding hydrogens is 575 g/mol. The second-order valence-electron chi connectivity index (χ2n) is 8.82. The number of pyridine rings is 1. The normalized spacial score (nSPS) is 12.5. The lowest BCUT2D eigenvalue weighted by atomic mass is 10.0. The highest BCUT2D eigenvalue weighted by Crippen LogP contribution is 2.32. The zero-order chi connectivity index (χ0) is 29.3. The van der Waals surface area contributed by atoms with E-state index in [1.807, 2.05) is 0 Å². The van der Waals surface area contributed by atoms with E-state index >= 15 is 4.39 Å². The Morgan fingerprint density at radius 1 is 1.15 bits per heavy atom. The Morgan fingerprint density at radius 3 is 2.61 bits per heavy atom. The van der Waals surface area contributed by atoms with Gasteiger partial charge in [-0.25, -0.2) is 18.2 Å². The largest absolute Gasteiger partial charge is 0.618 e. The molecule has 0 aliphatic carbocycles. The van der Waals surface area contributed by atoms with Crippen LogP contribution >= 0.6 is 11.6 Å². The molecule has 214 valence electrons. The minimum absolute atomic E-state index is 0.0485. The van der Waals surface area contributed by atoms with Gasteiger partial charge in [0.1, 0.15) is 11.9 Å². The fourth-order valence-corrected chi connectivity index (χ4v) is 4.56. The Morgan fingerprint density at radius 2 is 1.95 bits per heavy atom. The number of aromatic nitrogens is 8. The first-order valence-electron chi connectivity index (χ1n) is 12.0. The fraction of sp³-hybridized carbons (Fsp3) is 0.240. The number of halogens is 6. The number of aromatic amines is 1. The lowest BCUT2D eigenvalue weighted by Gasteiger charge is -2.18. The number of alkyl halides is 4. The van der Waals surface area contributed by atoms with Crippen molar-refractivity contribution in [3.63, 3.8) is 0 Å². The average molecular weight is 596 g/mol. The Hall–Kier alpha value is -4.37. The number of imidazole rings is 1. The molecule has 0 fully saturated rings. The maximum atomic E-state index is 15.3. The molecule has 4 heterocycles. The molecule has 0 amide bonds. The van der Waals surface area contributed by atoms with E-state index in [2.05, 4.69) is 25.1 Å². The van der Waals surface area contributed by atoms with Crippen molar-refractivity contribution >= 4 is 11.6 Å². The van der Waals surface area contributed by atoms with Gasteiger partial charge in [-0.2, -0.15) is 18.6 Å². The number of H-pyrrole nitrogens is 1. The summed E-state index contributed by atoms with van der Waals surface area (Å²) >= 11 is 6.01. The monoisotopic (exact) mass is 595 g/mol. The van der Waals surface area contributed by atoms with Gasteiger partial charge in [0, 0.05) is 36.2 Å². The van der Waals surface area contributed by atoms with Crippen molar-refractivity contribution in [2.45, 2.75) is 32.4 Å². The van der Waals surface area contributed by atoms with E-state index in [4.69, 9.17) is 11.6 Å². The minimum Gasteiger partial charge on any atom is -0.618 e. The van der Waals surface area contributed by atoms with Gasteiger partial charge in [-0.15, -0.1) is 4.68 Å². The Balaban J connectivity index is 1.55. The molecule has 4 aromatic heterocycles. The summed E-state index contributed by atoms with van der Waals surface area (Å²) in [5.41, 5.74) is 0.128. The molecule has 0 aliphatic heterocycles. The van der Waals surface area contributed by atoms with Crippen molar-refractivity contribution in [3.05, 3.63) is 94.7 Å². The molecule has 1 N–H and O–H groups in total. The number of hydrogen-bond acceptors (Lipinski definition) is 5. The molecule has 0 spiro atoms. The second kappa shape index (κ2) is 11.6. The SMILES string of the molecule is Cc1nccn1-c1cnn([C@@H](CCOC(F)F)c2ccc(-c3c(-[n+]4cc(C(F)F)n[nH]4)ccc(Cl)c3F)c[n+]2[O-])c1. The van der Waals surface area contributed by atoms with Crippen molar-refractivity contribution in [3.8, 4) is 22.5 Å². The lowest BCUT2D eigenvalue weighted by Crippen LogP contribution is -2.36. The van der Waals surface area contributed by atoms with Crippen molar-refractivity contribution < 1.29 is 36.1 Å². The van der Waals surface area contributed by atoms with Crippen LogP contribution in [0.4, 0.5) is 22.0 Å². The number of nitrogens with zero attached hydrogens (tertiary/aromatic N) is 7. The first kappa shape index (κ1) is 28.2. The molecule has 0 saturated carbocycles. The van der Waals surface area contributed by atoms with E-state index < -0.39 is 30.6 Å². The van der Waals surface area contributed by atoms with E-state index in [1.165, 1.54) is 35.1 Å². The van der Waals surface area contributed by atoms with E-state index in [1.54, 1.807) is 30.1 Å². The standard InChI is InChI=1S/C25H20ClF5N8O2/c1-14-32-7-8-36(14)16-10-33-37(12-16)19(6-9-41-25(30)31)20-4-2-15(11-39(20)40)22-21(5-3-17(26)23(22)27)38-13-18(24(28)29)34-35-38/h2-5,7-8,10-13,19,24-25H,6,9H2,1H3/p+1/t19-/m0/s1. The third-order valence-corrected chi connectivity index (χ3v) is 6.62. The van der Waals surface area contributed by atoms with E-state index in [9.17, 15) is 22.8 Å². The van der Waals surface area contributed by atoms with Crippen LogP contribution in [0.5, 0.6) is 0 Å². The molecule has 0 aliphatic rings. The Labute approximate surface area is 233 Å². The molecular formula is C25H21ClF5N8O2+. The molecule has 1 aromatic carbocycles. The third kappa shape index (κ3) is 5.76. The van der Waals surface area contributed by atoms with Gasteiger partial charge in [-0.3, -0.25) is 4.68 Å². The van der Waals surface area contributed by atoms with Crippen LogP contribution in [0.3, 0.4) is 0 Å². The van der Waals surface area contributed by atoms with Crippen LogP contribution < -0.4 is 9.41 Å². The summed E-state index contributed by atoms with van der Waals surface area (Å²) in [6, 6.07) is 4.59. The van der Waals surface area contributed by atoms with Crippen molar-refractivity contribution in [2.75, 3.05) is 6.61 Å². The molecule has 5 aromatic rings. The van der Waals surface area contributed by atoms with E-state index in [0.717, 1.165) is 17.1 Å². The van der Waals surface area contributed by atoms with Crippen LogP contribution in [0.15, 0.2) is 61.4 Å². The maximum Gasteiger partial charge on any atom is 0.345 e. The van der Waals surface area contributed by atoms with Gasteiger partial charge in [0.25, 0.3) is 5.69 Å². The third-order valence-electron chi connectivity index (χ3n) is 6.32. The molecule has 41 heavy (non-hydrogen) atoms. The van der Waals surface area contributed by atoms with Crippen LogP contribution in [-0.4, -0.2) is 42.9 Å². The molecule has 0 unspecified atom stereocenters. The van der Waals surface area contributed by atoms with Crippen molar-refractivity contribution in [1.29, 1.82) is 0 Å². The summed E-state index contributed by atoms with van der Waals surface area (Å²) in [5, 5.41) is 23.3. The van der Waals surface area contributed by atoms with E-state index in [-0.39, 0.29) is 40.6 Å². The predicted octanol–water partition coefficient (Wildman–Crippen LogP) is 4.63. The van der Waals surface area contributed by atoms with Crippen molar-refractivity contribution in [2.24, 2.45) is 0 Å². The van der Waals surface area contributed by atoms with Crippen LogP contribution in [0.25, 0.3) is 22.5 Å². The number of hydrogen-bond donors (Lipinski definition) is 1. The zero-order valence-corrected chi connectivity index (χ0v) is 21.9. The highest BCUT2D eigenvalue weighted by molar-refractivity contribution is 6.31. The highest BCUT2D eigenvalue weighted by Gasteiger charge is 2.28. The van der Waals surface area contributed by atoms with Gasteiger partial charge in [-0.05, 0) is 25.1 Å². The Bertz CT molecular complexity index is 1670. The van der Waals surface area contributed by atoms with Crippen LogP contribution in [0.2, 0.25) is 5.02 Å². The zero-order valence-electron chi connectivity index (χ0n) is 21.1. The van der Waals surface area contributed by atoms with Gasteiger partial charge >= 0.3 is 13.0 Å². The highest BCUT2D eigenvalue weighted by atomic mass is 35.5. The number of benzene rings is 1. The number of rotatable bonds is 10. The van der Waals surface area contributed by atoms with Gasteiger partial charge in [0.2, 0.25) is 5.69 Å². The smallest absolute Gasteiger partial charge is 0.345 e. The summed E-state index contributed by atoms with van der Waals surface area (Å²) in [7, 11) is 0. The minimum atomic E-state index is -3.01. The molecule has 10 nitrogen and oxygen atoms in total. The molecule has 5 rings (SSSR count). The first-order chi connectivity index (χ1) is 19.6. The average Bonchev–Trinajstić information content (AvgIpc) is 3.69. The van der Waals surface area contributed by atoms with E-state index in [0.29, 0.717) is 16.2 Å². The predicted molar refractivity (Wildman–Crippen MR) is 133 cm³/mol. The van der Waals surface area contributed by atoms with Crippen LogP contribution in [-0.2, 0) is 4.74 Å². The summed E-state index contributed by atoms with van der Waals surface area (Å²) in [6.45, 7) is -1.61. The summed E-state index contributed by atoms with van der Waals surface area (Å²) in [5.74, 6) is -0.215. The number of aryl methyl sites for hydroxylation is 1. The summed E-state index contributed by atoms with van der Waals surface area (Å²) < 4.78 is 76.1. The lowest BCUT2D eigenvalue weighted by molar-refractivity contribution is -0.659. The number of ether oxygens (including phenoxy) is 1. The van der Waals surface area contributed by atoms with Gasteiger partial charge in [-0.1, -0.05) is 16.8 Å². The second-order valence-corrected chi connectivity index (χ2v) is 9.23. The number of nitrogens with one attached hydrogen (secondary N) is 1. The van der Waals surface area contributed by atoms with Gasteiger partial charge < -0.3 is 14.5 Å². The van der Waals surface area contributed by atoms with Gasteiger partial charge in [0.15, 0.2) is 23.9 Å². The maximum absolute atomic E-state index is 15.3. The van der Waals surface area contributed by atoms with Crippen molar-refractivity contribution in [1.82, 2.24) is 29.6 Å². The summed E-state index contributed by atoms with van der Waals surface area (Å²) in [4.78, 5) is 4.16. The van der Waals surface area contributed by atoms with Gasteiger partial charge in [0.05, 0.1) is 34.6 Å². The molecule has 0 radical (unpaired) electrons. The molecule has 0 bridgehead atoms. The fourth-order valence-electron chi connectivity index (χ4n) is 4.40. The first-order valence-corrected chi connectivity index (χ1v) is 12.4. The topological polar surface area (TPSA) is 104 Å². The van der Waals surface area contributed by atoms with Crippen LogP contribution in [0, 0.1) is 17.9 Å². The summed E-state index contributed by atoms with van der Waals surface area (Å²) in [6.07, 6.45) is 5.62. The quantitative estimate of drug-likeness (QED) is 0.144. The molecule has 0 saturated heterocycles. The van der Waals surface area contributed by atoms with Crippen LogP contribution in [0.1, 0.15) is 36.1 Å². The Kier molecular flexibility index (Phi) is 7.99.